The molecule has 0 unspecified atom stereocenters. The molecular weight excluding hydrogens is 190 g/mol. The molecule has 0 saturated carbocycles. The quantitative estimate of drug-likeness (QED) is 0.765. The van der Waals surface area contributed by atoms with Gasteiger partial charge in [-0.15, -0.1) is 0 Å². The zero-order valence-corrected chi connectivity index (χ0v) is 8.99. The first kappa shape index (κ1) is 11.5. The maximum absolute atomic E-state index is 11.2. The Morgan fingerprint density at radius 2 is 2.20 bits per heavy atom. The molecule has 0 saturated heterocycles. The lowest BCUT2D eigenvalue weighted by Gasteiger charge is -2.06. The van der Waals surface area contributed by atoms with E-state index in [4.69, 9.17) is 0 Å². The molecule has 4 heteroatoms. The standard InChI is InChI=1S/C11H17N3O/c1-2-6-13-11(15)14-8-5-10-4-3-7-12-9-10/h3-4,7,9H,2,5-6,8H2,1H3,(H2,13,14,15). The van der Waals surface area contributed by atoms with Crippen molar-refractivity contribution >= 4 is 6.03 Å². The highest BCUT2D eigenvalue weighted by atomic mass is 16.2. The van der Waals surface area contributed by atoms with Gasteiger partial charge in [-0.3, -0.25) is 4.98 Å². The molecule has 0 radical (unpaired) electrons. The zero-order chi connectivity index (χ0) is 10.9. The highest BCUT2D eigenvalue weighted by Gasteiger charge is 1.97. The van der Waals surface area contributed by atoms with Gasteiger partial charge in [0.15, 0.2) is 0 Å². The van der Waals surface area contributed by atoms with Gasteiger partial charge in [0, 0.05) is 25.5 Å². The molecule has 15 heavy (non-hydrogen) atoms. The Morgan fingerprint density at radius 1 is 1.40 bits per heavy atom. The average Bonchev–Trinajstić information content (AvgIpc) is 2.28. The molecule has 0 fully saturated rings. The number of pyridine rings is 1. The van der Waals surface area contributed by atoms with Crippen LogP contribution in [0.25, 0.3) is 0 Å². The summed E-state index contributed by atoms with van der Waals surface area (Å²) in [7, 11) is 0. The third kappa shape index (κ3) is 5.00. The van der Waals surface area contributed by atoms with Gasteiger partial charge in [0.2, 0.25) is 0 Å². The van der Waals surface area contributed by atoms with Gasteiger partial charge in [0.1, 0.15) is 0 Å². The molecule has 0 atom stereocenters. The summed E-state index contributed by atoms with van der Waals surface area (Å²) in [6, 6.07) is 3.80. The lowest BCUT2D eigenvalue weighted by atomic mass is 10.2. The van der Waals surface area contributed by atoms with Crippen molar-refractivity contribution in [2.75, 3.05) is 13.1 Å². The Balaban J connectivity index is 2.14. The number of amides is 2. The SMILES string of the molecule is CCCNC(=O)NCCc1cccnc1. The van der Waals surface area contributed by atoms with Gasteiger partial charge in [-0.2, -0.15) is 0 Å². The molecule has 1 aromatic heterocycles. The van der Waals surface area contributed by atoms with Gasteiger partial charge in [-0.05, 0) is 24.5 Å². The van der Waals surface area contributed by atoms with Crippen molar-refractivity contribution in [3.05, 3.63) is 30.1 Å². The van der Waals surface area contributed by atoms with E-state index in [1.54, 1.807) is 6.20 Å². The van der Waals surface area contributed by atoms with Crippen LogP contribution in [0.2, 0.25) is 0 Å². The van der Waals surface area contributed by atoms with Crippen LogP contribution in [0.15, 0.2) is 24.5 Å². The molecule has 0 aliphatic heterocycles. The molecule has 0 aromatic carbocycles. The third-order valence-electron chi connectivity index (χ3n) is 1.96. The molecular formula is C11H17N3O. The number of aromatic nitrogens is 1. The van der Waals surface area contributed by atoms with Crippen LogP contribution in [-0.2, 0) is 6.42 Å². The summed E-state index contributed by atoms with van der Waals surface area (Å²) in [6.07, 6.45) is 5.32. The van der Waals surface area contributed by atoms with Crippen molar-refractivity contribution in [3.63, 3.8) is 0 Å². The summed E-state index contributed by atoms with van der Waals surface area (Å²) in [5.41, 5.74) is 1.13. The molecule has 1 heterocycles. The molecule has 2 N–H and O–H groups in total. The molecule has 82 valence electrons. The minimum Gasteiger partial charge on any atom is -0.338 e. The zero-order valence-electron chi connectivity index (χ0n) is 8.99. The topological polar surface area (TPSA) is 54.0 Å². The van der Waals surface area contributed by atoms with Crippen molar-refractivity contribution in [2.45, 2.75) is 19.8 Å². The third-order valence-corrected chi connectivity index (χ3v) is 1.96. The predicted molar refractivity (Wildman–Crippen MR) is 59.6 cm³/mol. The van der Waals surface area contributed by atoms with Gasteiger partial charge in [-0.1, -0.05) is 13.0 Å². The van der Waals surface area contributed by atoms with E-state index in [9.17, 15) is 4.79 Å². The van der Waals surface area contributed by atoms with Gasteiger partial charge < -0.3 is 10.6 Å². The Bertz CT molecular complexity index is 287. The van der Waals surface area contributed by atoms with E-state index < -0.39 is 0 Å². The number of carbonyl (C=O) groups excluding carboxylic acids is 1. The number of nitrogens with zero attached hydrogens (tertiary/aromatic N) is 1. The molecule has 0 aliphatic rings. The van der Waals surface area contributed by atoms with E-state index in [0.717, 1.165) is 24.9 Å². The lowest BCUT2D eigenvalue weighted by molar-refractivity contribution is 0.241. The maximum Gasteiger partial charge on any atom is 0.314 e. The molecule has 2 amide bonds. The number of urea groups is 1. The number of hydrogen-bond donors (Lipinski definition) is 2. The van der Waals surface area contributed by atoms with Crippen molar-refractivity contribution in [1.29, 1.82) is 0 Å². The normalized spacial score (nSPS) is 9.67. The van der Waals surface area contributed by atoms with Crippen LogP contribution in [-0.4, -0.2) is 24.1 Å². The largest absolute Gasteiger partial charge is 0.338 e. The number of nitrogens with one attached hydrogen (secondary N) is 2. The van der Waals surface area contributed by atoms with E-state index in [0.29, 0.717) is 6.54 Å². The van der Waals surface area contributed by atoms with Gasteiger partial charge in [0.25, 0.3) is 0 Å². The van der Waals surface area contributed by atoms with Crippen LogP contribution < -0.4 is 10.6 Å². The van der Waals surface area contributed by atoms with E-state index in [1.807, 2.05) is 25.3 Å². The summed E-state index contributed by atoms with van der Waals surface area (Å²) in [5.74, 6) is 0. The van der Waals surface area contributed by atoms with Crippen LogP contribution in [0.5, 0.6) is 0 Å². The van der Waals surface area contributed by atoms with Gasteiger partial charge >= 0.3 is 6.03 Å². The number of hydrogen-bond acceptors (Lipinski definition) is 2. The summed E-state index contributed by atoms with van der Waals surface area (Å²) < 4.78 is 0. The summed E-state index contributed by atoms with van der Waals surface area (Å²) in [4.78, 5) is 15.2. The smallest absolute Gasteiger partial charge is 0.314 e. The van der Waals surface area contributed by atoms with Crippen molar-refractivity contribution < 1.29 is 4.79 Å². The van der Waals surface area contributed by atoms with Crippen LogP contribution in [0.1, 0.15) is 18.9 Å². The number of carbonyl (C=O) groups is 1. The number of rotatable bonds is 5. The molecule has 0 spiro atoms. The minimum atomic E-state index is -0.0965. The van der Waals surface area contributed by atoms with Gasteiger partial charge in [-0.25, -0.2) is 4.79 Å². The fraction of sp³-hybridized carbons (Fsp3) is 0.455. The fourth-order valence-electron chi connectivity index (χ4n) is 1.17. The second-order valence-electron chi connectivity index (χ2n) is 3.29. The first-order chi connectivity index (χ1) is 7.33. The first-order valence-corrected chi connectivity index (χ1v) is 5.23. The second kappa shape index (κ2) is 6.81. The van der Waals surface area contributed by atoms with Crippen molar-refractivity contribution in [1.82, 2.24) is 15.6 Å². The Hall–Kier alpha value is -1.58. The average molecular weight is 207 g/mol. The van der Waals surface area contributed by atoms with E-state index in [2.05, 4.69) is 15.6 Å². The van der Waals surface area contributed by atoms with Gasteiger partial charge in [0.05, 0.1) is 0 Å². The molecule has 0 bridgehead atoms. The first-order valence-electron chi connectivity index (χ1n) is 5.23. The molecule has 1 rings (SSSR count). The van der Waals surface area contributed by atoms with E-state index in [-0.39, 0.29) is 6.03 Å². The Labute approximate surface area is 90.1 Å². The van der Waals surface area contributed by atoms with Crippen LogP contribution in [0, 0.1) is 0 Å². The highest BCUT2D eigenvalue weighted by molar-refractivity contribution is 5.73. The fourth-order valence-corrected chi connectivity index (χ4v) is 1.17. The molecule has 1 aromatic rings. The summed E-state index contributed by atoms with van der Waals surface area (Å²) in [5, 5.41) is 5.54. The second-order valence-corrected chi connectivity index (χ2v) is 3.29. The summed E-state index contributed by atoms with van der Waals surface area (Å²) >= 11 is 0. The monoisotopic (exact) mass is 207 g/mol. The predicted octanol–water partition coefficient (Wildman–Crippen LogP) is 1.33. The minimum absolute atomic E-state index is 0.0965. The maximum atomic E-state index is 11.2. The molecule has 4 nitrogen and oxygen atoms in total. The van der Waals surface area contributed by atoms with Crippen molar-refractivity contribution in [3.8, 4) is 0 Å². The Kier molecular flexibility index (Phi) is 5.22. The van der Waals surface area contributed by atoms with E-state index >= 15 is 0 Å². The van der Waals surface area contributed by atoms with Crippen LogP contribution in [0.3, 0.4) is 0 Å². The summed E-state index contributed by atoms with van der Waals surface area (Å²) in [6.45, 7) is 3.38. The lowest BCUT2D eigenvalue weighted by Crippen LogP contribution is -2.36. The van der Waals surface area contributed by atoms with E-state index in [1.165, 1.54) is 0 Å². The van der Waals surface area contributed by atoms with Crippen molar-refractivity contribution in [2.24, 2.45) is 0 Å². The Morgan fingerprint density at radius 3 is 2.87 bits per heavy atom. The highest BCUT2D eigenvalue weighted by Crippen LogP contribution is 1.94. The van der Waals surface area contributed by atoms with Crippen LogP contribution in [0.4, 0.5) is 4.79 Å². The molecule has 0 aliphatic carbocycles. The van der Waals surface area contributed by atoms with Crippen LogP contribution >= 0.6 is 0 Å².